The Balaban J connectivity index is 2.07. The summed E-state index contributed by atoms with van der Waals surface area (Å²) in [5.74, 6) is 0.790. The Hall–Kier alpha value is -1.95. The largest absolute Gasteiger partial charge is 0.420 e. The van der Waals surface area contributed by atoms with Crippen molar-refractivity contribution in [2.75, 3.05) is 6.54 Å². The highest BCUT2D eigenvalue weighted by molar-refractivity contribution is 5.49. The number of nitrogens with one attached hydrogen (secondary N) is 2. The van der Waals surface area contributed by atoms with E-state index in [4.69, 9.17) is 4.42 Å². The summed E-state index contributed by atoms with van der Waals surface area (Å²) in [5.41, 5.74) is 0.261. The van der Waals surface area contributed by atoms with Crippen molar-refractivity contribution in [2.24, 2.45) is 0 Å². The number of pyridine rings is 1. The molecule has 0 atom stereocenters. The SMILES string of the molecule is CC(C)NCCc1nnc(-c2c[nH]ccc2=O)o1. The predicted molar refractivity (Wildman–Crippen MR) is 67.2 cm³/mol. The molecule has 0 aliphatic heterocycles. The fraction of sp³-hybridized carbons (Fsp3) is 0.417. The van der Waals surface area contributed by atoms with Crippen molar-refractivity contribution in [2.45, 2.75) is 26.3 Å². The van der Waals surface area contributed by atoms with Gasteiger partial charge in [-0.05, 0) is 0 Å². The molecule has 6 heteroatoms. The Bertz CT molecular complexity index is 559. The Labute approximate surface area is 104 Å². The summed E-state index contributed by atoms with van der Waals surface area (Å²) in [6.45, 7) is 4.91. The van der Waals surface area contributed by atoms with Gasteiger partial charge in [-0.3, -0.25) is 4.79 Å². The number of nitrogens with zero attached hydrogens (tertiary/aromatic N) is 2. The molecule has 2 heterocycles. The third kappa shape index (κ3) is 3.04. The Morgan fingerprint density at radius 3 is 3.00 bits per heavy atom. The van der Waals surface area contributed by atoms with Crippen LogP contribution in [0.25, 0.3) is 11.5 Å². The second-order valence-corrected chi connectivity index (χ2v) is 4.28. The maximum Gasteiger partial charge on any atom is 0.253 e. The molecule has 0 amide bonds. The van der Waals surface area contributed by atoms with Crippen LogP contribution in [0.1, 0.15) is 19.7 Å². The zero-order chi connectivity index (χ0) is 13.0. The lowest BCUT2D eigenvalue weighted by Gasteiger charge is -2.04. The lowest BCUT2D eigenvalue weighted by atomic mass is 10.3. The van der Waals surface area contributed by atoms with Crippen molar-refractivity contribution in [1.29, 1.82) is 0 Å². The van der Waals surface area contributed by atoms with Crippen molar-refractivity contribution >= 4 is 0 Å². The Morgan fingerprint density at radius 2 is 2.28 bits per heavy atom. The number of H-pyrrole nitrogens is 1. The fourth-order valence-electron chi connectivity index (χ4n) is 1.51. The maximum atomic E-state index is 11.6. The van der Waals surface area contributed by atoms with Crippen molar-refractivity contribution in [1.82, 2.24) is 20.5 Å². The van der Waals surface area contributed by atoms with Crippen molar-refractivity contribution in [3.05, 3.63) is 34.6 Å². The van der Waals surface area contributed by atoms with Gasteiger partial charge in [0.2, 0.25) is 5.89 Å². The number of rotatable bonds is 5. The van der Waals surface area contributed by atoms with Crippen LogP contribution in [0.2, 0.25) is 0 Å². The topological polar surface area (TPSA) is 83.8 Å². The summed E-state index contributed by atoms with van der Waals surface area (Å²) in [7, 11) is 0. The highest BCUT2D eigenvalue weighted by atomic mass is 16.4. The molecule has 0 aromatic carbocycles. The van der Waals surface area contributed by atoms with Crippen LogP contribution in [0.3, 0.4) is 0 Å². The molecule has 2 aromatic rings. The fourth-order valence-corrected chi connectivity index (χ4v) is 1.51. The van der Waals surface area contributed by atoms with E-state index in [2.05, 4.69) is 34.3 Å². The molecule has 2 rings (SSSR count). The summed E-state index contributed by atoms with van der Waals surface area (Å²) >= 11 is 0. The second kappa shape index (κ2) is 5.59. The normalized spacial score (nSPS) is 11.1. The van der Waals surface area contributed by atoms with Gasteiger partial charge in [0.15, 0.2) is 5.43 Å². The van der Waals surface area contributed by atoms with Crippen LogP contribution in [0.4, 0.5) is 0 Å². The molecule has 18 heavy (non-hydrogen) atoms. The van der Waals surface area contributed by atoms with Crippen LogP contribution >= 0.6 is 0 Å². The highest BCUT2D eigenvalue weighted by Gasteiger charge is 2.11. The van der Waals surface area contributed by atoms with Crippen LogP contribution in [0.5, 0.6) is 0 Å². The average Bonchev–Trinajstić information content (AvgIpc) is 2.78. The van der Waals surface area contributed by atoms with Crippen LogP contribution in [-0.4, -0.2) is 27.8 Å². The first-order valence-electron chi connectivity index (χ1n) is 5.90. The molecule has 0 bridgehead atoms. The molecular formula is C12H16N4O2. The molecule has 0 spiro atoms. The molecule has 96 valence electrons. The lowest BCUT2D eigenvalue weighted by molar-refractivity contribution is 0.484. The smallest absolute Gasteiger partial charge is 0.253 e. The molecule has 0 radical (unpaired) electrons. The Kier molecular flexibility index (Phi) is 3.88. The molecule has 2 aromatic heterocycles. The van der Waals surface area contributed by atoms with Gasteiger partial charge in [0.1, 0.15) is 5.56 Å². The van der Waals surface area contributed by atoms with E-state index in [1.165, 1.54) is 6.07 Å². The van der Waals surface area contributed by atoms with Crippen molar-refractivity contribution < 1.29 is 4.42 Å². The van der Waals surface area contributed by atoms with Gasteiger partial charge in [0.05, 0.1) is 0 Å². The maximum absolute atomic E-state index is 11.6. The molecule has 0 saturated carbocycles. The first-order chi connectivity index (χ1) is 8.66. The van der Waals surface area contributed by atoms with Crippen LogP contribution in [0, 0.1) is 0 Å². The minimum Gasteiger partial charge on any atom is -0.420 e. The van der Waals surface area contributed by atoms with Crippen LogP contribution < -0.4 is 10.7 Å². The van der Waals surface area contributed by atoms with Gasteiger partial charge < -0.3 is 14.7 Å². The average molecular weight is 248 g/mol. The van der Waals surface area contributed by atoms with Gasteiger partial charge in [0, 0.05) is 37.5 Å². The minimum absolute atomic E-state index is 0.135. The molecule has 0 fully saturated rings. The van der Waals surface area contributed by atoms with Crippen molar-refractivity contribution in [3.63, 3.8) is 0 Å². The molecule has 0 aliphatic carbocycles. The van der Waals surface area contributed by atoms with Gasteiger partial charge in [-0.2, -0.15) is 0 Å². The molecule has 0 saturated heterocycles. The standard InChI is InChI=1S/C12H16N4O2/c1-8(2)14-6-4-11-15-16-12(18-11)9-7-13-5-3-10(9)17/h3,5,7-8,14H,4,6H2,1-2H3,(H,13,17). The van der Waals surface area contributed by atoms with E-state index in [0.717, 1.165) is 6.54 Å². The van der Waals surface area contributed by atoms with E-state index in [1.807, 2.05) is 0 Å². The number of aromatic amines is 1. The number of hydrogen-bond donors (Lipinski definition) is 2. The van der Waals surface area contributed by atoms with Gasteiger partial charge in [-0.15, -0.1) is 10.2 Å². The summed E-state index contributed by atoms with van der Waals surface area (Å²) < 4.78 is 5.45. The monoisotopic (exact) mass is 248 g/mol. The van der Waals surface area contributed by atoms with Gasteiger partial charge in [-0.25, -0.2) is 0 Å². The molecule has 0 unspecified atom stereocenters. The number of hydrogen-bond acceptors (Lipinski definition) is 5. The van der Waals surface area contributed by atoms with Crippen LogP contribution in [0.15, 0.2) is 27.7 Å². The zero-order valence-corrected chi connectivity index (χ0v) is 10.4. The van der Waals surface area contributed by atoms with Gasteiger partial charge in [0.25, 0.3) is 5.89 Å². The highest BCUT2D eigenvalue weighted by Crippen LogP contribution is 2.12. The van der Waals surface area contributed by atoms with E-state index in [1.54, 1.807) is 12.4 Å². The first-order valence-corrected chi connectivity index (χ1v) is 5.90. The quantitative estimate of drug-likeness (QED) is 0.823. The van der Waals surface area contributed by atoms with E-state index in [0.29, 0.717) is 23.9 Å². The van der Waals surface area contributed by atoms with Gasteiger partial charge >= 0.3 is 0 Å². The Morgan fingerprint density at radius 1 is 1.44 bits per heavy atom. The minimum atomic E-state index is -0.135. The molecular weight excluding hydrogens is 232 g/mol. The number of aromatic nitrogens is 3. The van der Waals surface area contributed by atoms with E-state index < -0.39 is 0 Å². The van der Waals surface area contributed by atoms with E-state index in [9.17, 15) is 4.79 Å². The lowest BCUT2D eigenvalue weighted by Crippen LogP contribution is -2.25. The molecule has 0 aliphatic rings. The summed E-state index contributed by atoms with van der Waals surface area (Å²) in [5, 5.41) is 11.1. The summed E-state index contributed by atoms with van der Waals surface area (Å²) in [6.07, 6.45) is 3.78. The van der Waals surface area contributed by atoms with Crippen molar-refractivity contribution in [3.8, 4) is 11.5 Å². The summed E-state index contributed by atoms with van der Waals surface area (Å²) in [4.78, 5) is 14.4. The molecule has 6 nitrogen and oxygen atoms in total. The third-order valence-electron chi connectivity index (χ3n) is 2.41. The van der Waals surface area contributed by atoms with Crippen LogP contribution in [-0.2, 0) is 6.42 Å². The molecule has 2 N–H and O–H groups in total. The predicted octanol–water partition coefficient (Wildman–Crippen LogP) is 0.965. The third-order valence-corrected chi connectivity index (χ3v) is 2.41. The van der Waals surface area contributed by atoms with E-state index >= 15 is 0 Å². The zero-order valence-electron chi connectivity index (χ0n) is 10.4. The second-order valence-electron chi connectivity index (χ2n) is 4.28. The first kappa shape index (κ1) is 12.5. The van der Waals surface area contributed by atoms with Gasteiger partial charge in [-0.1, -0.05) is 13.8 Å². The summed E-state index contributed by atoms with van der Waals surface area (Å²) in [6, 6.07) is 1.85. The van der Waals surface area contributed by atoms with E-state index in [-0.39, 0.29) is 11.3 Å².